The number of nitrogens with zero attached hydrogens (tertiary/aromatic N) is 2. The summed E-state index contributed by atoms with van der Waals surface area (Å²) in [5.41, 5.74) is 1.01. The number of nitrogens with one attached hydrogen (secondary N) is 1. The lowest BCUT2D eigenvalue weighted by atomic mass is 10.0. The molecule has 4 atom stereocenters. The van der Waals surface area contributed by atoms with Gasteiger partial charge in [-0.25, -0.2) is 0 Å². The Morgan fingerprint density at radius 3 is 2.43 bits per heavy atom. The van der Waals surface area contributed by atoms with E-state index in [9.17, 15) is 5.26 Å². The van der Waals surface area contributed by atoms with Gasteiger partial charge in [-0.15, -0.1) is 0 Å². The van der Waals surface area contributed by atoms with Crippen LogP contribution in [-0.4, -0.2) is 42.8 Å². The van der Waals surface area contributed by atoms with Crippen molar-refractivity contribution in [1.82, 2.24) is 4.90 Å². The standard InChI is InChI=1S/C17H21N3O/c18-12-17(20-6-8-21-9-7-20)15-10-14(11-16(15)17)19-13-4-2-1-3-5-13/h1-5,14-16,19H,6-11H2/t14?,15-,16+,17?. The molecule has 4 rings (SSSR count). The Morgan fingerprint density at radius 1 is 1.14 bits per heavy atom. The van der Waals surface area contributed by atoms with Gasteiger partial charge in [0.25, 0.3) is 0 Å². The van der Waals surface area contributed by atoms with Gasteiger partial charge in [0.05, 0.1) is 19.3 Å². The van der Waals surface area contributed by atoms with Crippen molar-refractivity contribution < 1.29 is 4.74 Å². The number of para-hydroxylation sites is 1. The third-order valence-electron chi connectivity index (χ3n) is 5.44. The minimum atomic E-state index is -0.182. The number of nitriles is 1. The Hall–Kier alpha value is -1.57. The fourth-order valence-corrected chi connectivity index (χ4v) is 4.45. The van der Waals surface area contributed by atoms with Crippen LogP contribution in [0.2, 0.25) is 0 Å². The van der Waals surface area contributed by atoms with E-state index in [4.69, 9.17) is 4.74 Å². The van der Waals surface area contributed by atoms with Gasteiger partial charge < -0.3 is 10.1 Å². The molecule has 4 nitrogen and oxygen atoms in total. The van der Waals surface area contributed by atoms with E-state index in [0.29, 0.717) is 17.9 Å². The summed E-state index contributed by atoms with van der Waals surface area (Å²) >= 11 is 0. The van der Waals surface area contributed by atoms with E-state index < -0.39 is 0 Å². The average molecular weight is 283 g/mol. The molecule has 3 fully saturated rings. The van der Waals surface area contributed by atoms with Crippen LogP contribution < -0.4 is 5.32 Å². The summed E-state index contributed by atoms with van der Waals surface area (Å²) in [6, 6.07) is 13.6. The van der Waals surface area contributed by atoms with Crippen molar-refractivity contribution in [3.63, 3.8) is 0 Å². The Bertz CT molecular complexity index is 535. The third kappa shape index (κ3) is 2.04. The first-order valence-corrected chi connectivity index (χ1v) is 7.90. The van der Waals surface area contributed by atoms with Crippen LogP contribution >= 0.6 is 0 Å². The van der Waals surface area contributed by atoms with Gasteiger partial charge in [0.15, 0.2) is 0 Å². The Kier molecular flexibility index (Phi) is 3.13. The van der Waals surface area contributed by atoms with Crippen molar-refractivity contribution in [2.24, 2.45) is 11.8 Å². The number of morpholine rings is 1. The Labute approximate surface area is 125 Å². The summed E-state index contributed by atoms with van der Waals surface area (Å²) in [4.78, 5) is 2.38. The van der Waals surface area contributed by atoms with Gasteiger partial charge in [-0.05, 0) is 36.8 Å². The highest BCUT2D eigenvalue weighted by Gasteiger charge is 2.71. The molecule has 0 bridgehead atoms. The predicted molar refractivity (Wildman–Crippen MR) is 80.8 cm³/mol. The predicted octanol–water partition coefficient (Wildman–Crippen LogP) is 2.10. The minimum Gasteiger partial charge on any atom is -0.382 e. The fourth-order valence-electron chi connectivity index (χ4n) is 4.45. The molecule has 0 amide bonds. The second-order valence-electron chi connectivity index (χ2n) is 6.43. The molecule has 1 N–H and O–H groups in total. The van der Waals surface area contributed by atoms with E-state index in [1.54, 1.807) is 0 Å². The topological polar surface area (TPSA) is 48.3 Å². The fraction of sp³-hybridized carbons (Fsp3) is 0.588. The van der Waals surface area contributed by atoms with Gasteiger partial charge in [-0.1, -0.05) is 18.2 Å². The second kappa shape index (κ2) is 5.01. The highest BCUT2D eigenvalue weighted by atomic mass is 16.5. The number of fused-ring (bicyclic) bond motifs is 1. The molecule has 2 unspecified atom stereocenters. The maximum atomic E-state index is 9.74. The Morgan fingerprint density at radius 2 is 1.81 bits per heavy atom. The summed E-state index contributed by atoms with van der Waals surface area (Å²) < 4.78 is 5.43. The van der Waals surface area contributed by atoms with Crippen molar-refractivity contribution >= 4 is 5.69 Å². The van der Waals surface area contributed by atoms with Crippen LogP contribution in [0.15, 0.2) is 30.3 Å². The molecule has 3 aliphatic rings. The van der Waals surface area contributed by atoms with Gasteiger partial charge in [-0.2, -0.15) is 5.26 Å². The Balaban J connectivity index is 1.41. The van der Waals surface area contributed by atoms with E-state index in [0.717, 1.165) is 39.1 Å². The molecular weight excluding hydrogens is 262 g/mol. The molecule has 1 heterocycles. The van der Waals surface area contributed by atoms with Crippen LogP contribution in [-0.2, 0) is 4.74 Å². The van der Waals surface area contributed by atoms with Gasteiger partial charge >= 0.3 is 0 Å². The van der Waals surface area contributed by atoms with Crippen molar-refractivity contribution in [2.75, 3.05) is 31.6 Å². The lowest BCUT2D eigenvalue weighted by Gasteiger charge is -2.34. The van der Waals surface area contributed by atoms with E-state index in [1.165, 1.54) is 5.69 Å². The van der Waals surface area contributed by atoms with Crippen LogP contribution in [0.5, 0.6) is 0 Å². The number of anilines is 1. The van der Waals surface area contributed by atoms with E-state index >= 15 is 0 Å². The molecule has 1 saturated heterocycles. The van der Waals surface area contributed by atoms with E-state index in [-0.39, 0.29) is 5.54 Å². The van der Waals surface area contributed by atoms with Gasteiger partial charge in [0.2, 0.25) is 0 Å². The van der Waals surface area contributed by atoms with Crippen LogP contribution in [0.3, 0.4) is 0 Å². The lowest BCUT2D eigenvalue weighted by Crippen LogP contribution is -2.48. The molecule has 0 aromatic heterocycles. The molecule has 4 heteroatoms. The normalized spacial score (nSPS) is 38.5. The molecule has 110 valence electrons. The van der Waals surface area contributed by atoms with Gasteiger partial charge in [-0.3, -0.25) is 4.90 Å². The van der Waals surface area contributed by atoms with Crippen LogP contribution in [0.1, 0.15) is 12.8 Å². The van der Waals surface area contributed by atoms with Gasteiger partial charge in [0.1, 0.15) is 5.54 Å². The molecule has 1 aromatic carbocycles. The maximum absolute atomic E-state index is 9.74. The van der Waals surface area contributed by atoms with E-state index in [1.807, 2.05) is 6.07 Å². The van der Waals surface area contributed by atoms with Crippen molar-refractivity contribution in [1.29, 1.82) is 5.26 Å². The first-order chi connectivity index (χ1) is 10.3. The summed E-state index contributed by atoms with van der Waals surface area (Å²) in [7, 11) is 0. The average Bonchev–Trinajstić information content (AvgIpc) is 2.93. The number of benzene rings is 1. The number of ether oxygens (including phenoxy) is 1. The SMILES string of the molecule is N#CC1(N2CCOCC2)[C@@H]2CC(Nc3ccccc3)C[C@@H]21. The molecule has 1 aliphatic heterocycles. The highest BCUT2D eigenvalue weighted by molar-refractivity contribution is 5.45. The molecule has 1 aromatic rings. The zero-order valence-electron chi connectivity index (χ0n) is 12.2. The summed E-state index contributed by atoms with van der Waals surface area (Å²) in [6.45, 7) is 3.37. The number of hydrogen-bond donors (Lipinski definition) is 1. The molecule has 0 radical (unpaired) electrons. The minimum absolute atomic E-state index is 0.182. The quantitative estimate of drug-likeness (QED) is 0.923. The van der Waals surface area contributed by atoms with E-state index in [2.05, 4.69) is 40.6 Å². The smallest absolute Gasteiger partial charge is 0.115 e. The molecule has 21 heavy (non-hydrogen) atoms. The summed E-state index contributed by atoms with van der Waals surface area (Å²) in [5, 5.41) is 13.4. The van der Waals surface area contributed by atoms with Gasteiger partial charge in [0, 0.05) is 24.8 Å². The van der Waals surface area contributed by atoms with Crippen LogP contribution in [0.25, 0.3) is 0 Å². The molecular formula is C17H21N3O. The van der Waals surface area contributed by atoms with Crippen molar-refractivity contribution in [2.45, 2.75) is 24.4 Å². The number of hydrogen-bond acceptors (Lipinski definition) is 4. The molecule has 0 spiro atoms. The first kappa shape index (κ1) is 13.1. The summed E-state index contributed by atoms with van der Waals surface area (Å²) in [5.74, 6) is 1.09. The summed E-state index contributed by atoms with van der Waals surface area (Å²) in [6.07, 6.45) is 2.23. The molecule has 2 saturated carbocycles. The van der Waals surface area contributed by atoms with Crippen LogP contribution in [0, 0.1) is 23.2 Å². The monoisotopic (exact) mass is 283 g/mol. The first-order valence-electron chi connectivity index (χ1n) is 7.90. The highest BCUT2D eigenvalue weighted by Crippen LogP contribution is 2.63. The van der Waals surface area contributed by atoms with Crippen molar-refractivity contribution in [3.8, 4) is 6.07 Å². The largest absolute Gasteiger partial charge is 0.382 e. The maximum Gasteiger partial charge on any atom is 0.115 e. The van der Waals surface area contributed by atoms with Crippen LogP contribution in [0.4, 0.5) is 5.69 Å². The molecule has 2 aliphatic carbocycles. The third-order valence-corrected chi connectivity index (χ3v) is 5.44. The second-order valence-corrected chi connectivity index (χ2v) is 6.43. The zero-order chi connectivity index (χ0) is 14.3. The van der Waals surface area contributed by atoms with Crippen molar-refractivity contribution in [3.05, 3.63) is 30.3 Å². The lowest BCUT2D eigenvalue weighted by molar-refractivity contribution is 0.0133. The zero-order valence-corrected chi connectivity index (χ0v) is 12.2. The number of rotatable bonds is 3.